The second-order valence-corrected chi connectivity index (χ2v) is 8.33. The molecule has 2 aromatic heterocycles. The van der Waals surface area contributed by atoms with Crippen LogP contribution in [0.25, 0.3) is 0 Å². The van der Waals surface area contributed by atoms with Crippen LogP contribution < -0.4 is 9.64 Å². The minimum atomic E-state index is -0.165. The number of benzene rings is 2. The van der Waals surface area contributed by atoms with Crippen LogP contribution in [0.1, 0.15) is 23.2 Å². The van der Waals surface area contributed by atoms with Gasteiger partial charge >= 0.3 is 0 Å². The summed E-state index contributed by atoms with van der Waals surface area (Å²) in [4.78, 5) is 4.77. The van der Waals surface area contributed by atoms with Gasteiger partial charge in [0, 0.05) is 36.9 Å². The van der Waals surface area contributed by atoms with Gasteiger partial charge in [-0.25, -0.2) is 4.68 Å². The number of anilines is 1. The smallest absolute Gasteiger partial charge is 0.173 e. The molecule has 0 amide bonds. The zero-order valence-corrected chi connectivity index (χ0v) is 19.1. The van der Waals surface area contributed by atoms with Crippen LogP contribution in [0.3, 0.4) is 0 Å². The number of furan rings is 1. The average molecular weight is 465 g/mol. The van der Waals surface area contributed by atoms with E-state index in [-0.39, 0.29) is 6.04 Å². The number of rotatable bonds is 7. The Bertz CT molecular complexity index is 1170. The van der Waals surface area contributed by atoms with Gasteiger partial charge in [0.15, 0.2) is 5.82 Å². The number of halogens is 1. The molecule has 1 fully saturated rings. The molecule has 0 spiro atoms. The number of methoxy groups -OCH3 is 1. The van der Waals surface area contributed by atoms with Gasteiger partial charge in [-0.2, -0.15) is 0 Å². The van der Waals surface area contributed by atoms with Gasteiger partial charge in [0.2, 0.25) is 0 Å². The number of tetrazole rings is 1. The summed E-state index contributed by atoms with van der Waals surface area (Å²) in [6.07, 6.45) is 1.66. The van der Waals surface area contributed by atoms with E-state index in [2.05, 4.69) is 43.5 Å². The van der Waals surface area contributed by atoms with Crippen molar-refractivity contribution in [3.05, 3.63) is 89.1 Å². The number of hydrogen-bond donors (Lipinski definition) is 0. The molecule has 1 aliphatic heterocycles. The quantitative estimate of drug-likeness (QED) is 0.411. The molecule has 33 heavy (non-hydrogen) atoms. The summed E-state index contributed by atoms with van der Waals surface area (Å²) in [7, 11) is 1.68. The van der Waals surface area contributed by atoms with Crippen molar-refractivity contribution in [2.45, 2.75) is 12.6 Å². The molecular weight excluding hydrogens is 440 g/mol. The maximum absolute atomic E-state index is 6.66. The summed E-state index contributed by atoms with van der Waals surface area (Å²) >= 11 is 6.66. The largest absolute Gasteiger partial charge is 0.497 e. The first-order valence-corrected chi connectivity index (χ1v) is 11.3. The van der Waals surface area contributed by atoms with Crippen molar-refractivity contribution in [1.29, 1.82) is 0 Å². The topological polar surface area (TPSA) is 72.5 Å². The zero-order chi connectivity index (χ0) is 22.6. The molecule has 8 nitrogen and oxygen atoms in total. The summed E-state index contributed by atoms with van der Waals surface area (Å²) in [6, 6.07) is 19.7. The van der Waals surface area contributed by atoms with Gasteiger partial charge in [-0.1, -0.05) is 29.8 Å². The van der Waals surface area contributed by atoms with Crippen molar-refractivity contribution in [2.75, 3.05) is 38.2 Å². The fraction of sp³-hybridized carbons (Fsp3) is 0.292. The standard InChI is InChI=1S/C24H25ClN6O2/c1-32-19-10-8-18(9-11-19)29-12-14-30(15-13-29)23(21-6-2-3-7-22(21)25)24-26-27-28-31(24)17-20-5-4-16-33-20/h2-11,16,23H,12-15,17H2,1H3/t23-/m0/s1. The average Bonchev–Trinajstić information content (AvgIpc) is 3.54. The molecule has 9 heteroatoms. The molecule has 0 N–H and O–H groups in total. The van der Waals surface area contributed by atoms with Crippen molar-refractivity contribution < 1.29 is 9.15 Å². The van der Waals surface area contributed by atoms with Crippen LogP contribution in [0.2, 0.25) is 5.02 Å². The van der Waals surface area contributed by atoms with E-state index < -0.39 is 0 Å². The molecule has 0 radical (unpaired) electrons. The normalized spacial score (nSPS) is 15.5. The lowest BCUT2D eigenvalue weighted by Crippen LogP contribution is -2.48. The zero-order valence-electron chi connectivity index (χ0n) is 18.3. The molecular formula is C24H25ClN6O2. The molecule has 5 rings (SSSR count). The summed E-state index contributed by atoms with van der Waals surface area (Å²) in [5.74, 6) is 2.41. The maximum atomic E-state index is 6.66. The van der Waals surface area contributed by atoms with Crippen molar-refractivity contribution in [3.8, 4) is 5.75 Å². The van der Waals surface area contributed by atoms with Crippen LogP contribution in [-0.4, -0.2) is 58.4 Å². The highest BCUT2D eigenvalue weighted by Gasteiger charge is 2.32. The first kappa shape index (κ1) is 21.5. The first-order valence-electron chi connectivity index (χ1n) is 10.9. The van der Waals surface area contributed by atoms with E-state index in [9.17, 15) is 0 Å². The number of ether oxygens (including phenoxy) is 1. The highest BCUT2D eigenvalue weighted by atomic mass is 35.5. The first-order chi connectivity index (χ1) is 16.2. The summed E-state index contributed by atoms with van der Waals surface area (Å²) in [5, 5.41) is 13.3. The minimum absolute atomic E-state index is 0.165. The second kappa shape index (κ2) is 9.64. The number of aromatic nitrogens is 4. The van der Waals surface area contributed by atoms with Crippen LogP contribution in [0, 0.1) is 0 Å². The molecule has 0 aliphatic carbocycles. The molecule has 1 aliphatic rings. The van der Waals surface area contributed by atoms with Gasteiger partial charge in [-0.15, -0.1) is 5.10 Å². The predicted molar refractivity (Wildman–Crippen MR) is 126 cm³/mol. The molecule has 170 valence electrons. The lowest BCUT2D eigenvalue weighted by molar-refractivity contribution is 0.201. The lowest BCUT2D eigenvalue weighted by Gasteiger charge is -2.40. The van der Waals surface area contributed by atoms with E-state index in [1.807, 2.05) is 42.5 Å². The van der Waals surface area contributed by atoms with E-state index >= 15 is 0 Å². The molecule has 4 aromatic rings. The van der Waals surface area contributed by atoms with Crippen LogP contribution in [0.15, 0.2) is 71.3 Å². The van der Waals surface area contributed by atoms with E-state index in [1.54, 1.807) is 18.1 Å². The van der Waals surface area contributed by atoms with Gasteiger partial charge < -0.3 is 14.1 Å². The summed E-state index contributed by atoms with van der Waals surface area (Å²) in [6.45, 7) is 3.91. The highest BCUT2D eigenvalue weighted by molar-refractivity contribution is 6.31. The summed E-state index contributed by atoms with van der Waals surface area (Å²) < 4.78 is 12.6. The Labute approximate surface area is 197 Å². The Morgan fingerprint density at radius 2 is 1.79 bits per heavy atom. The van der Waals surface area contributed by atoms with Crippen molar-refractivity contribution in [2.24, 2.45) is 0 Å². The number of nitrogens with zero attached hydrogens (tertiary/aromatic N) is 6. The van der Waals surface area contributed by atoms with Gasteiger partial charge in [-0.05, 0) is 58.5 Å². The minimum Gasteiger partial charge on any atom is -0.497 e. The fourth-order valence-corrected chi connectivity index (χ4v) is 4.54. The second-order valence-electron chi connectivity index (χ2n) is 7.92. The Balaban J connectivity index is 1.41. The molecule has 0 unspecified atom stereocenters. The van der Waals surface area contributed by atoms with Gasteiger partial charge in [-0.3, -0.25) is 4.90 Å². The molecule has 1 atom stereocenters. The van der Waals surface area contributed by atoms with Crippen molar-refractivity contribution >= 4 is 17.3 Å². The van der Waals surface area contributed by atoms with E-state index in [1.165, 1.54) is 5.69 Å². The number of hydrogen-bond acceptors (Lipinski definition) is 7. The van der Waals surface area contributed by atoms with Gasteiger partial charge in [0.1, 0.15) is 18.1 Å². The van der Waals surface area contributed by atoms with Crippen LogP contribution in [0.4, 0.5) is 5.69 Å². The van der Waals surface area contributed by atoms with Gasteiger partial charge in [0.25, 0.3) is 0 Å². The Morgan fingerprint density at radius 1 is 1.00 bits per heavy atom. The molecule has 0 bridgehead atoms. The summed E-state index contributed by atoms with van der Waals surface area (Å²) in [5.41, 5.74) is 2.18. The fourth-order valence-electron chi connectivity index (χ4n) is 4.30. The SMILES string of the molecule is COc1ccc(N2CCN([C@@H](c3ccccc3Cl)c3nnnn3Cc3ccco3)CC2)cc1. The molecule has 0 saturated carbocycles. The Hall–Kier alpha value is -3.36. The van der Waals surface area contributed by atoms with Crippen molar-refractivity contribution in [3.63, 3.8) is 0 Å². The predicted octanol–water partition coefficient (Wildman–Crippen LogP) is 3.89. The Morgan fingerprint density at radius 3 is 2.48 bits per heavy atom. The van der Waals surface area contributed by atoms with Crippen LogP contribution in [0.5, 0.6) is 5.75 Å². The molecule has 1 saturated heterocycles. The monoisotopic (exact) mass is 464 g/mol. The van der Waals surface area contributed by atoms with E-state index in [0.717, 1.165) is 49.1 Å². The van der Waals surface area contributed by atoms with E-state index in [4.69, 9.17) is 20.8 Å². The molecule has 3 heterocycles. The molecule has 2 aromatic carbocycles. The van der Waals surface area contributed by atoms with Gasteiger partial charge in [0.05, 0.1) is 19.4 Å². The third-order valence-electron chi connectivity index (χ3n) is 6.01. The Kier molecular flexibility index (Phi) is 6.28. The third-order valence-corrected chi connectivity index (χ3v) is 6.35. The van der Waals surface area contributed by atoms with Crippen LogP contribution in [-0.2, 0) is 6.54 Å². The number of piperazine rings is 1. The van der Waals surface area contributed by atoms with Crippen LogP contribution >= 0.6 is 11.6 Å². The van der Waals surface area contributed by atoms with Crippen molar-refractivity contribution in [1.82, 2.24) is 25.1 Å². The maximum Gasteiger partial charge on any atom is 0.173 e. The third kappa shape index (κ3) is 4.58. The lowest BCUT2D eigenvalue weighted by atomic mass is 10.0. The highest BCUT2D eigenvalue weighted by Crippen LogP contribution is 2.33. The van der Waals surface area contributed by atoms with E-state index in [0.29, 0.717) is 11.6 Å².